The third kappa shape index (κ3) is 3.73. The van der Waals surface area contributed by atoms with Gasteiger partial charge in [0.1, 0.15) is 5.76 Å². The lowest BCUT2D eigenvalue weighted by Crippen LogP contribution is -2.60. The molecule has 0 bridgehead atoms. The first-order chi connectivity index (χ1) is 9.13. The first-order valence-electron chi connectivity index (χ1n) is 7.95. The maximum absolute atomic E-state index is 5.87. The summed E-state index contributed by atoms with van der Waals surface area (Å²) in [4.78, 5) is 2.56. The van der Waals surface area contributed by atoms with Crippen LogP contribution in [0.3, 0.4) is 0 Å². The van der Waals surface area contributed by atoms with Gasteiger partial charge < -0.3 is 10.1 Å². The lowest BCUT2D eigenvalue weighted by Gasteiger charge is -2.46. The minimum absolute atomic E-state index is 0.120. The normalized spacial score (nSPS) is 20.0. The summed E-state index contributed by atoms with van der Waals surface area (Å²) in [6, 6.07) is 0.305. The Morgan fingerprint density at radius 2 is 2.00 bits per heavy atom. The Labute approximate surface area is 119 Å². The molecular formula is C16H32N2O. The zero-order valence-corrected chi connectivity index (χ0v) is 13.5. The zero-order chi connectivity index (χ0) is 14.3. The molecule has 0 aromatic heterocycles. The fourth-order valence-corrected chi connectivity index (χ4v) is 3.11. The van der Waals surface area contributed by atoms with Crippen molar-refractivity contribution < 1.29 is 4.74 Å². The molecule has 2 unspecified atom stereocenters. The summed E-state index contributed by atoms with van der Waals surface area (Å²) in [5.74, 6) is 1.16. The molecule has 1 rings (SSSR count). The van der Waals surface area contributed by atoms with Crippen LogP contribution in [0.15, 0.2) is 11.8 Å². The average molecular weight is 268 g/mol. The summed E-state index contributed by atoms with van der Waals surface area (Å²) in [5, 5.41) is 3.72. The quantitative estimate of drug-likeness (QED) is 0.695. The van der Waals surface area contributed by atoms with E-state index in [1.807, 2.05) is 0 Å². The predicted molar refractivity (Wildman–Crippen MR) is 82.4 cm³/mol. The highest BCUT2D eigenvalue weighted by molar-refractivity contribution is 5.16. The number of likely N-dealkylation sites (N-methyl/N-ethyl adjacent to an activating group) is 1. The minimum Gasteiger partial charge on any atom is -0.496 e. The van der Waals surface area contributed by atoms with Gasteiger partial charge in [0, 0.05) is 12.0 Å². The molecule has 0 fully saturated rings. The second-order valence-corrected chi connectivity index (χ2v) is 5.51. The van der Waals surface area contributed by atoms with Crippen LogP contribution in [-0.2, 0) is 4.74 Å². The molecule has 3 heteroatoms. The monoisotopic (exact) mass is 268 g/mol. The molecule has 0 spiro atoms. The van der Waals surface area contributed by atoms with Crippen molar-refractivity contribution in [3.63, 3.8) is 0 Å². The summed E-state index contributed by atoms with van der Waals surface area (Å²) >= 11 is 0. The second kappa shape index (κ2) is 7.91. The number of nitrogens with one attached hydrogen (secondary N) is 1. The van der Waals surface area contributed by atoms with Crippen molar-refractivity contribution in [1.82, 2.24) is 10.2 Å². The molecule has 0 saturated heterocycles. The highest BCUT2D eigenvalue weighted by atomic mass is 16.5. The number of hydrogen-bond acceptors (Lipinski definition) is 3. The Bertz CT molecular complexity index is 286. The Morgan fingerprint density at radius 3 is 2.42 bits per heavy atom. The zero-order valence-electron chi connectivity index (χ0n) is 13.5. The molecule has 1 aliphatic rings. The minimum atomic E-state index is 0.120. The standard InChI is InChI=1S/C16H32N2O/c1-6-12-17-15(14-11-10-13-19-14)16(5,7-2)18(8-3)9-4/h11,15,17H,6-10,12-13H2,1-5H3. The fraction of sp³-hybridized carbons (Fsp3) is 0.875. The van der Waals surface area contributed by atoms with Crippen LogP contribution in [-0.4, -0.2) is 42.7 Å². The SMILES string of the molecule is CCCNC(C1=CCCO1)C(C)(CC)N(CC)CC. The molecule has 0 aromatic carbocycles. The molecule has 2 atom stereocenters. The number of hydrogen-bond donors (Lipinski definition) is 1. The van der Waals surface area contributed by atoms with Gasteiger partial charge in [-0.15, -0.1) is 0 Å². The molecular weight excluding hydrogens is 236 g/mol. The summed E-state index contributed by atoms with van der Waals surface area (Å²) in [5.41, 5.74) is 0.120. The van der Waals surface area contributed by atoms with Gasteiger partial charge in [0.05, 0.1) is 12.6 Å². The highest BCUT2D eigenvalue weighted by Crippen LogP contribution is 2.30. The smallest absolute Gasteiger partial charge is 0.111 e. The molecule has 0 aliphatic carbocycles. The van der Waals surface area contributed by atoms with E-state index in [1.165, 1.54) is 0 Å². The summed E-state index contributed by atoms with van der Waals surface area (Å²) in [7, 11) is 0. The maximum Gasteiger partial charge on any atom is 0.111 e. The second-order valence-electron chi connectivity index (χ2n) is 5.51. The van der Waals surface area contributed by atoms with Crippen LogP contribution >= 0.6 is 0 Å². The van der Waals surface area contributed by atoms with Crippen molar-refractivity contribution in [3.8, 4) is 0 Å². The van der Waals surface area contributed by atoms with Gasteiger partial charge in [-0.25, -0.2) is 0 Å². The van der Waals surface area contributed by atoms with Gasteiger partial charge in [-0.3, -0.25) is 4.90 Å². The van der Waals surface area contributed by atoms with Gasteiger partial charge in [-0.2, -0.15) is 0 Å². The average Bonchev–Trinajstić information content (AvgIpc) is 2.94. The molecule has 3 nitrogen and oxygen atoms in total. The Hall–Kier alpha value is -0.540. The van der Waals surface area contributed by atoms with Gasteiger partial charge >= 0.3 is 0 Å². The molecule has 1 N–H and O–H groups in total. The Kier molecular flexibility index (Phi) is 6.87. The van der Waals surface area contributed by atoms with Crippen molar-refractivity contribution in [2.75, 3.05) is 26.2 Å². The van der Waals surface area contributed by atoms with E-state index in [0.717, 1.165) is 51.3 Å². The topological polar surface area (TPSA) is 24.5 Å². The molecule has 112 valence electrons. The lowest BCUT2D eigenvalue weighted by molar-refractivity contribution is 0.0584. The van der Waals surface area contributed by atoms with E-state index >= 15 is 0 Å². The third-order valence-electron chi connectivity index (χ3n) is 4.44. The molecule has 0 amide bonds. The summed E-state index contributed by atoms with van der Waals surface area (Å²) in [6.45, 7) is 15.4. The molecule has 0 radical (unpaired) electrons. The van der Waals surface area contributed by atoms with E-state index in [2.05, 4.69) is 50.9 Å². The fourth-order valence-electron chi connectivity index (χ4n) is 3.11. The van der Waals surface area contributed by atoms with Crippen LogP contribution < -0.4 is 5.32 Å². The first kappa shape index (κ1) is 16.5. The molecule has 0 saturated carbocycles. The van der Waals surface area contributed by atoms with Crippen LogP contribution in [0, 0.1) is 0 Å². The van der Waals surface area contributed by atoms with E-state index in [4.69, 9.17) is 4.74 Å². The van der Waals surface area contributed by atoms with Crippen LogP contribution in [0.25, 0.3) is 0 Å². The third-order valence-corrected chi connectivity index (χ3v) is 4.44. The number of nitrogens with zero attached hydrogens (tertiary/aromatic N) is 1. The van der Waals surface area contributed by atoms with E-state index in [0.29, 0.717) is 6.04 Å². The van der Waals surface area contributed by atoms with Crippen molar-refractivity contribution in [3.05, 3.63) is 11.8 Å². The van der Waals surface area contributed by atoms with Crippen molar-refractivity contribution in [1.29, 1.82) is 0 Å². The molecule has 0 aromatic rings. The van der Waals surface area contributed by atoms with Gasteiger partial charge in [0.2, 0.25) is 0 Å². The van der Waals surface area contributed by atoms with Crippen molar-refractivity contribution >= 4 is 0 Å². The van der Waals surface area contributed by atoms with Gasteiger partial charge in [0.25, 0.3) is 0 Å². The Balaban J connectivity index is 2.96. The molecule has 19 heavy (non-hydrogen) atoms. The molecule has 1 heterocycles. The van der Waals surface area contributed by atoms with Crippen LogP contribution in [0.2, 0.25) is 0 Å². The Morgan fingerprint density at radius 1 is 1.32 bits per heavy atom. The van der Waals surface area contributed by atoms with Gasteiger partial charge in [-0.05, 0) is 45.5 Å². The highest BCUT2D eigenvalue weighted by Gasteiger charge is 2.40. The van der Waals surface area contributed by atoms with E-state index < -0.39 is 0 Å². The first-order valence-corrected chi connectivity index (χ1v) is 7.95. The largest absolute Gasteiger partial charge is 0.496 e. The summed E-state index contributed by atoms with van der Waals surface area (Å²) < 4.78 is 5.87. The molecule has 1 aliphatic heterocycles. The summed E-state index contributed by atoms with van der Waals surface area (Å²) in [6.07, 6.45) is 5.60. The predicted octanol–water partition coefficient (Wildman–Crippen LogP) is 3.17. The number of rotatable bonds is 9. The van der Waals surface area contributed by atoms with Crippen molar-refractivity contribution in [2.45, 2.75) is 65.5 Å². The van der Waals surface area contributed by atoms with Crippen LogP contribution in [0.1, 0.15) is 53.9 Å². The van der Waals surface area contributed by atoms with Crippen LogP contribution in [0.4, 0.5) is 0 Å². The van der Waals surface area contributed by atoms with Gasteiger partial charge in [0.15, 0.2) is 0 Å². The van der Waals surface area contributed by atoms with E-state index in [9.17, 15) is 0 Å². The van der Waals surface area contributed by atoms with Crippen LogP contribution in [0.5, 0.6) is 0 Å². The lowest BCUT2D eigenvalue weighted by atomic mass is 9.85. The van der Waals surface area contributed by atoms with E-state index in [1.54, 1.807) is 0 Å². The number of ether oxygens (including phenoxy) is 1. The maximum atomic E-state index is 5.87. The van der Waals surface area contributed by atoms with E-state index in [-0.39, 0.29) is 5.54 Å². The van der Waals surface area contributed by atoms with Gasteiger partial charge in [-0.1, -0.05) is 27.7 Å². The van der Waals surface area contributed by atoms with Crippen molar-refractivity contribution in [2.24, 2.45) is 0 Å².